The van der Waals surface area contributed by atoms with Crippen LogP contribution in [0.3, 0.4) is 0 Å². The van der Waals surface area contributed by atoms with Gasteiger partial charge in [-0.15, -0.1) is 0 Å². The van der Waals surface area contributed by atoms with Crippen LogP contribution in [0.4, 0.5) is 11.4 Å². The van der Waals surface area contributed by atoms with Gasteiger partial charge in [-0.05, 0) is 48.7 Å². The Morgan fingerprint density at radius 1 is 1.09 bits per heavy atom. The van der Waals surface area contributed by atoms with Crippen molar-refractivity contribution in [2.45, 2.75) is 37.1 Å². The average molecular weight is 489 g/mol. The van der Waals surface area contributed by atoms with Gasteiger partial charge in [-0.2, -0.15) is 0 Å². The number of anilines is 2. The molecule has 0 saturated carbocycles. The third-order valence-corrected chi connectivity index (χ3v) is 7.59. The van der Waals surface area contributed by atoms with Crippen molar-refractivity contribution in [1.29, 1.82) is 0 Å². The molecule has 2 aliphatic rings. The van der Waals surface area contributed by atoms with E-state index in [9.17, 15) is 22.8 Å². The van der Waals surface area contributed by atoms with Crippen LogP contribution in [0.5, 0.6) is 0 Å². The van der Waals surface area contributed by atoms with E-state index in [4.69, 9.17) is 4.74 Å². The number of aromatic nitrogens is 1. The van der Waals surface area contributed by atoms with Crippen LogP contribution in [0, 0.1) is 5.92 Å². The maximum Gasteiger partial charge on any atom is 0.275 e. The third kappa shape index (κ3) is 5.00. The Labute approximate surface area is 198 Å². The number of methoxy groups -OCH3 is 1. The van der Waals surface area contributed by atoms with E-state index in [0.29, 0.717) is 38.3 Å². The van der Waals surface area contributed by atoms with Crippen molar-refractivity contribution in [3.05, 3.63) is 52.4 Å². The van der Waals surface area contributed by atoms with Gasteiger partial charge in [0.15, 0.2) is 0 Å². The maximum atomic E-state index is 13.2. The lowest BCUT2D eigenvalue weighted by Crippen LogP contribution is -2.49. The van der Waals surface area contributed by atoms with Gasteiger partial charge in [0.1, 0.15) is 5.69 Å². The van der Waals surface area contributed by atoms with Gasteiger partial charge < -0.3 is 19.5 Å². The van der Waals surface area contributed by atoms with Crippen LogP contribution in [-0.2, 0) is 30.9 Å². The van der Waals surface area contributed by atoms with Crippen LogP contribution in [0.15, 0.2) is 46.1 Å². The minimum absolute atomic E-state index is 0.0224. The van der Waals surface area contributed by atoms with E-state index in [1.165, 1.54) is 37.3 Å². The molecule has 2 N–H and O–H groups in total. The number of ether oxygens (including phenoxy) is 1. The highest BCUT2D eigenvalue weighted by atomic mass is 32.2. The number of sulfonamides is 1. The summed E-state index contributed by atoms with van der Waals surface area (Å²) in [5, 5.41) is 2.58. The van der Waals surface area contributed by atoms with E-state index in [2.05, 4.69) is 10.0 Å². The minimum Gasteiger partial charge on any atom is -0.384 e. The van der Waals surface area contributed by atoms with Crippen LogP contribution < -0.4 is 15.6 Å². The molecule has 0 spiro atoms. The smallest absolute Gasteiger partial charge is 0.275 e. The monoisotopic (exact) mass is 488 g/mol. The fourth-order valence-corrected chi connectivity index (χ4v) is 5.76. The zero-order valence-corrected chi connectivity index (χ0v) is 19.9. The van der Waals surface area contributed by atoms with Gasteiger partial charge in [0, 0.05) is 51.0 Å². The van der Waals surface area contributed by atoms with Gasteiger partial charge in [-0.3, -0.25) is 19.1 Å². The Morgan fingerprint density at radius 2 is 1.82 bits per heavy atom. The van der Waals surface area contributed by atoms with Crippen LogP contribution >= 0.6 is 0 Å². The second kappa shape index (κ2) is 9.59. The average Bonchev–Trinajstić information content (AvgIpc) is 2.79. The zero-order valence-electron chi connectivity index (χ0n) is 19.1. The molecule has 4 rings (SSSR count). The highest BCUT2D eigenvalue weighted by Crippen LogP contribution is 2.35. The third-order valence-electron chi connectivity index (χ3n) is 6.21. The number of rotatable bonds is 7. The predicted octanol–water partition coefficient (Wildman–Crippen LogP) is 1.59. The van der Waals surface area contributed by atoms with Crippen molar-refractivity contribution >= 4 is 33.2 Å². The quantitative estimate of drug-likeness (QED) is 0.609. The number of carbonyl (C=O) groups is 2. The number of pyridine rings is 1. The molecule has 0 unspecified atom stereocenters. The SMILES string of the molecule is COCCC(=O)N1C[C@H]2C[C@H](C1)c1ccc(NS(=O)(=O)c3ccc(NC(C)=O)cc3)c(=O)n1C2. The molecular weight excluding hydrogens is 460 g/mol. The summed E-state index contributed by atoms with van der Waals surface area (Å²) in [4.78, 5) is 38.6. The summed E-state index contributed by atoms with van der Waals surface area (Å²) in [6, 6.07) is 8.95. The normalized spacial score (nSPS) is 19.3. The van der Waals surface area contributed by atoms with Gasteiger partial charge >= 0.3 is 0 Å². The Balaban J connectivity index is 1.53. The molecule has 11 heteroatoms. The van der Waals surface area contributed by atoms with Gasteiger partial charge in [-0.25, -0.2) is 8.42 Å². The topological polar surface area (TPSA) is 127 Å². The van der Waals surface area contributed by atoms with E-state index in [1.807, 2.05) is 4.90 Å². The number of nitrogens with zero attached hydrogens (tertiary/aromatic N) is 2. The first-order chi connectivity index (χ1) is 16.2. The number of amides is 2. The summed E-state index contributed by atoms with van der Waals surface area (Å²) in [7, 11) is -2.43. The fourth-order valence-electron chi connectivity index (χ4n) is 4.70. The molecule has 1 aromatic carbocycles. The predicted molar refractivity (Wildman–Crippen MR) is 126 cm³/mol. The maximum absolute atomic E-state index is 13.2. The summed E-state index contributed by atoms with van der Waals surface area (Å²) in [5.41, 5.74) is 0.863. The van der Waals surface area contributed by atoms with E-state index in [0.717, 1.165) is 12.1 Å². The number of piperidine rings is 1. The summed E-state index contributed by atoms with van der Waals surface area (Å²) in [6.45, 7) is 3.27. The molecule has 3 heterocycles. The van der Waals surface area contributed by atoms with Crippen molar-refractivity contribution in [3.63, 3.8) is 0 Å². The van der Waals surface area contributed by atoms with Crippen LogP contribution in [0.25, 0.3) is 0 Å². The number of hydrogen-bond donors (Lipinski definition) is 2. The van der Waals surface area contributed by atoms with Crippen LogP contribution in [0.1, 0.15) is 31.4 Å². The summed E-state index contributed by atoms with van der Waals surface area (Å²) in [6.07, 6.45) is 1.22. The minimum atomic E-state index is -4.00. The molecule has 0 aliphatic carbocycles. The lowest BCUT2D eigenvalue weighted by molar-refractivity contribution is -0.134. The van der Waals surface area contributed by atoms with Crippen molar-refractivity contribution < 1.29 is 22.7 Å². The van der Waals surface area contributed by atoms with Crippen LogP contribution in [-0.4, -0.2) is 56.5 Å². The first-order valence-corrected chi connectivity index (χ1v) is 12.6. The van der Waals surface area contributed by atoms with Gasteiger partial charge in [-0.1, -0.05) is 0 Å². The molecule has 2 atom stereocenters. The largest absolute Gasteiger partial charge is 0.384 e. The van der Waals surface area contributed by atoms with Crippen molar-refractivity contribution in [1.82, 2.24) is 9.47 Å². The number of carbonyl (C=O) groups excluding carboxylic acids is 2. The highest BCUT2D eigenvalue weighted by Gasteiger charge is 2.36. The standard InChI is InChI=1S/C23H28N4O6S/c1-15(28)24-18-3-5-19(6-4-18)34(31,32)25-20-7-8-21-17-11-16(13-27(21)23(20)30)12-26(14-17)22(29)9-10-33-2/h3-8,16-17,25H,9-14H2,1-2H3,(H,24,28)/t16-,17-/m1/s1. The van der Waals surface area contributed by atoms with E-state index >= 15 is 0 Å². The number of nitrogens with one attached hydrogen (secondary N) is 2. The molecule has 2 aromatic rings. The van der Waals surface area contributed by atoms with Crippen molar-refractivity contribution in [2.75, 3.05) is 36.8 Å². The molecule has 2 aliphatic heterocycles. The van der Waals surface area contributed by atoms with Gasteiger partial charge in [0.2, 0.25) is 11.8 Å². The molecule has 0 radical (unpaired) electrons. The fraction of sp³-hybridized carbons (Fsp3) is 0.435. The Hall–Kier alpha value is -3.18. The van der Waals surface area contributed by atoms with E-state index in [-0.39, 0.29) is 34.2 Å². The van der Waals surface area contributed by atoms with E-state index in [1.54, 1.807) is 17.7 Å². The van der Waals surface area contributed by atoms with Gasteiger partial charge in [0.25, 0.3) is 15.6 Å². The second-order valence-corrected chi connectivity index (χ2v) is 10.4. The summed E-state index contributed by atoms with van der Waals surface area (Å²) < 4.78 is 34.8. The molecule has 1 fully saturated rings. The molecule has 10 nitrogen and oxygen atoms in total. The Kier molecular flexibility index (Phi) is 6.76. The molecular formula is C23H28N4O6S. The Morgan fingerprint density at radius 3 is 2.50 bits per heavy atom. The molecule has 2 bridgehead atoms. The second-order valence-electron chi connectivity index (χ2n) is 8.74. The molecule has 1 aromatic heterocycles. The summed E-state index contributed by atoms with van der Waals surface area (Å²) >= 11 is 0. The first-order valence-electron chi connectivity index (χ1n) is 11.1. The zero-order chi connectivity index (χ0) is 24.5. The lowest BCUT2D eigenvalue weighted by Gasteiger charge is -2.43. The molecule has 34 heavy (non-hydrogen) atoms. The highest BCUT2D eigenvalue weighted by molar-refractivity contribution is 7.92. The van der Waals surface area contributed by atoms with Crippen LogP contribution in [0.2, 0.25) is 0 Å². The molecule has 1 saturated heterocycles. The number of likely N-dealkylation sites (tertiary alicyclic amines) is 1. The number of benzene rings is 1. The molecule has 182 valence electrons. The molecule has 2 amide bonds. The number of hydrogen-bond acceptors (Lipinski definition) is 6. The van der Waals surface area contributed by atoms with Crippen molar-refractivity contribution in [3.8, 4) is 0 Å². The number of fused-ring (bicyclic) bond motifs is 4. The Bertz CT molecular complexity index is 1260. The van der Waals surface area contributed by atoms with Crippen molar-refractivity contribution in [2.24, 2.45) is 5.92 Å². The van der Waals surface area contributed by atoms with Gasteiger partial charge in [0.05, 0.1) is 17.9 Å². The first kappa shape index (κ1) is 24.0. The lowest BCUT2D eigenvalue weighted by atomic mass is 9.83. The summed E-state index contributed by atoms with van der Waals surface area (Å²) in [5.74, 6) is -0.0633. The van der Waals surface area contributed by atoms with E-state index < -0.39 is 15.6 Å².